The molecule has 4 heteroatoms. The summed E-state index contributed by atoms with van der Waals surface area (Å²) in [6.07, 6.45) is 0. The predicted molar refractivity (Wildman–Crippen MR) is 85.6 cm³/mol. The van der Waals surface area contributed by atoms with Crippen LogP contribution in [0, 0.1) is 6.92 Å². The maximum absolute atomic E-state index is 12.3. The summed E-state index contributed by atoms with van der Waals surface area (Å²) in [6.45, 7) is 3.76. The number of carbonyl (C=O) groups excluding carboxylic acids is 1. The molecule has 21 heavy (non-hydrogen) atoms. The molecular formula is C17H18ClNO2. The molecule has 0 amide bonds. The minimum absolute atomic E-state index is 0.392. The zero-order valence-corrected chi connectivity index (χ0v) is 13.1. The van der Waals surface area contributed by atoms with Crippen LogP contribution in [-0.2, 0) is 15.1 Å². The van der Waals surface area contributed by atoms with Crippen LogP contribution in [0.1, 0.15) is 18.1 Å². The quantitative estimate of drug-likeness (QED) is 0.862. The Morgan fingerprint density at radius 3 is 2.52 bits per heavy atom. The van der Waals surface area contributed by atoms with Crippen LogP contribution in [0.3, 0.4) is 0 Å². The van der Waals surface area contributed by atoms with Gasteiger partial charge in [0.2, 0.25) is 0 Å². The van der Waals surface area contributed by atoms with Gasteiger partial charge in [-0.2, -0.15) is 0 Å². The van der Waals surface area contributed by atoms with Crippen molar-refractivity contribution in [1.29, 1.82) is 0 Å². The van der Waals surface area contributed by atoms with Crippen LogP contribution in [-0.4, -0.2) is 13.1 Å². The van der Waals surface area contributed by atoms with Gasteiger partial charge in [0, 0.05) is 16.3 Å². The highest BCUT2D eigenvalue weighted by Crippen LogP contribution is 2.32. The lowest BCUT2D eigenvalue weighted by atomic mass is 9.91. The molecule has 1 N–H and O–H groups in total. The van der Waals surface area contributed by atoms with Crippen LogP contribution in [0.2, 0.25) is 5.02 Å². The van der Waals surface area contributed by atoms with E-state index in [1.54, 1.807) is 13.0 Å². The van der Waals surface area contributed by atoms with Gasteiger partial charge in [-0.3, -0.25) is 0 Å². The standard InChI is InChI=1S/C17H18ClNO2/c1-12-7-6-8-13(11-12)19-17(2,16(20)21-3)14-9-4-5-10-15(14)18/h4-11,19H,1-3H3. The molecule has 0 spiro atoms. The predicted octanol–water partition coefficient (Wildman–Crippen LogP) is 4.15. The Morgan fingerprint density at radius 1 is 1.19 bits per heavy atom. The molecule has 0 aliphatic carbocycles. The number of hydrogen-bond acceptors (Lipinski definition) is 3. The largest absolute Gasteiger partial charge is 0.467 e. The van der Waals surface area contributed by atoms with Gasteiger partial charge in [0.1, 0.15) is 0 Å². The topological polar surface area (TPSA) is 38.3 Å². The Hall–Kier alpha value is -2.00. The van der Waals surface area contributed by atoms with E-state index in [1.807, 2.05) is 49.4 Å². The number of rotatable bonds is 4. The summed E-state index contributed by atoms with van der Waals surface area (Å²) in [5.41, 5.74) is 1.56. The Labute approximate surface area is 129 Å². The number of benzene rings is 2. The van der Waals surface area contributed by atoms with E-state index in [2.05, 4.69) is 5.32 Å². The van der Waals surface area contributed by atoms with E-state index >= 15 is 0 Å². The third kappa shape index (κ3) is 3.19. The molecule has 0 aliphatic rings. The van der Waals surface area contributed by atoms with E-state index in [4.69, 9.17) is 16.3 Å². The van der Waals surface area contributed by atoms with E-state index in [0.717, 1.165) is 11.3 Å². The van der Waals surface area contributed by atoms with Crippen molar-refractivity contribution in [1.82, 2.24) is 0 Å². The molecule has 3 nitrogen and oxygen atoms in total. The van der Waals surface area contributed by atoms with Crippen LogP contribution in [0.25, 0.3) is 0 Å². The summed E-state index contributed by atoms with van der Waals surface area (Å²) >= 11 is 6.26. The lowest BCUT2D eigenvalue weighted by Crippen LogP contribution is -2.41. The van der Waals surface area contributed by atoms with Crippen LogP contribution < -0.4 is 5.32 Å². The monoisotopic (exact) mass is 303 g/mol. The fraction of sp³-hybridized carbons (Fsp3) is 0.235. The van der Waals surface area contributed by atoms with Crippen LogP contribution in [0.5, 0.6) is 0 Å². The molecular weight excluding hydrogens is 286 g/mol. The highest BCUT2D eigenvalue weighted by molar-refractivity contribution is 6.31. The SMILES string of the molecule is COC(=O)C(C)(Nc1cccc(C)c1)c1ccccc1Cl. The molecule has 0 heterocycles. The van der Waals surface area contributed by atoms with E-state index in [-0.39, 0.29) is 0 Å². The van der Waals surface area contributed by atoms with Crippen molar-refractivity contribution < 1.29 is 9.53 Å². The van der Waals surface area contributed by atoms with Crippen LogP contribution in [0.4, 0.5) is 5.69 Å². The molecule has 0 radical (unpaired) electrons. The number of halogens is 1. The smallest absolute Gasteiger partial charge is 0.335 e. The number of nitrogens with one attached hydrogen (secondary N) is 1. The molecule has 0 bridgehead atoms. The second kappa shape index (κ2) is 6.19. The Bertz CT molecular complexity index is 657. The van der Waals surface area contributed by atoms with Gasteiger partial charge in [0.15, 0.2) is 5.54 Å². The van der Waals surface area contributed by atoms with Gasteiger partial charge in [-0.25, -0.2) is 4.79 Å². The van der Waals surface area contributed by atoms with Crippen LogP contribution >= 0.6 is 11.6 Å². The van der Waals surface area contributed by atoms with Gasteiger partial charge < -0.3 is 10.1 Å². The number of anilines is 1. The third-order valence-electron chi connectivity index (χ3n) is 3.42. The minimum atomic E-state index is -1.05. The number of aryl methyl sites for hydroxylation is 1. The number of methoxy groups -OCH3 is 1. The van der Waals surface area contributed by atoms with Crippen molar-refractivity contribution in [3.8, 4) is 0 Å². The van der Waals surface area contributed by atoms with E-state index in [9.17, 15) is 4.79 Å². The van der Waals surface area contributed by atoms with Gasteiger partial charge in [0.25, 0.3) is 0 Å². The van der Waals surface area contributed by atoms with E-state index < -0.39 is 11.5 Å². The number of esters is 1. The summed E-state index contributed by atoms with van der Waals surface area (Å²) in [5.74, 6) is -0.392. The Kier molecular flexibility index (Phi) is 4.53. The van der Waals surface area contributed by atoms with Gasteiger partial charge in [0.05, 0.1) is 7.11 Å². The summed E-state index contributed by atoms with van der Waals surface area (Å²) in [6, 6.07) is 15.1. The number of carbonyl (C=O) groups is 1. The fourth-order valence-electron chi connectivity index (χ4n) is 2.31. The molecule has 2 rings (SSSR count). The van der Waals surface area contributed by atoms with Gasteiger partial charge in [-0.1, -0.05) is 41.9 Å². The van der Waals surface area contributed by atoms with Crippen molar-refractivity contribution in [2.75, 3.05) is 12.4 Å². The zero-order chi connectivity index (χ0) is 15.5. The highest BCUT2D eigenvalue weighted by Gasteiger charge is 2.38. The summed E-state index contributed by atoms with van der Waals surface area (Å²) < 4.78 is 4.97. The first-order valence-corrected chi connectivity index (χ1v) is 7.03. The molecule has 1 unspecified atom stereocenters. The van der Waals surface area contributed by atoms with Gasteiger partial charge in [-0.05, 0) is 37.6 Å². The summed E-state index contributed by atoms with van der Waals surface area (Å²) in [5, 5.41) is 3.76. The summed E-state index contributed by atoms with van der Waals surface area (Å²) in [4.78, 5) is 12.3. The summed E-state index contributed by atoms with van der Waals surface area (Å²) in [7, 11) is 1.37. The molecule has 0 fully saturated rings. The normalized spacial score (nSPS) is 13.3. The van der Waals surface area contributed by atoms with Crippen LogP contribution in [0.15, 0.2) is 48.5 Å². The average Bonchev–Trinajstić information content (AvgIpc) is 2.46. The zero-order valence-electron chi connectivity index (χ0n) is 12.3. The van der Waals surface area contributed by atoms with Gasteiger partial charge in [-0.15, -0.1) is 0 Å². The lowest BCUT2D eigenvalue weighted by molar-refractivity contribution is -0.145. The molecule has 0 saturated carbocycles. The maximum Gasteiger partial charge on any atom is 0.335 e. The second-order valence-corrected chi connectivity index (χ2v) is 5.50. The Morgan fingerprint density at radius 2 is 1.90 bits per heavy atom. The molecule has 0 saturated heterocycles. The first-order valence-electron chi connectivity index (χ1n) is 6.65. The lowest BCUT2D eigenvalue weighted by Gasteiger charge is -2.30. The van der Waals surface area contributed by atoms with E-state index in [0.29, 0.717) is 10.6 Å². The van der Waals surface area contributed by atoms with Crippen molar-refractivity contribution in [3.05, 3.63) is 64.7 Å². The molecule has 110 valence electrons. The fourth-order valence-corrected chi connectivity index (χ4v) is 2.64. The molecule has 0 aliphatic heterocycles. The van der Waals surface area contributed by atoms with Crippen molar-refractivity contribution in [3.63, 3.8) is 0 Å². The van der Waals surface area contributed by atoms with Crippen molar-refractivity contribution in [2.24, 2.45) is 0 Å². The minimum Gasteiger partial charge on any atom is -0.467 e. The third-order valence-corrected chi connectivity index (χ3v) is 3.75. The molecule has 2 aromatic rings. The van der Waals surface area contributed by atoms with Crippen molar-refractivity contribution in [2.45, 2.75) is 19.4 Å². The second-order valence-electron chi connectivity index (χ2n) is 5.09. The average molecular weight is 304 g/mol. The number of ether oxygens (including phenoxy) is 1. The van der Waals surface area contributed by atoms with E-state index in [1.165, 1.54) is 7.11 Å². The first-order chi connectivity index (χ1) is 9.97. The van der Waals surface area contributed by atoms with Gasteiger partial charge >= 0.3 is 5.97 Å². The maximum atomic E-state index is 12.3. The van der Waals surface area contributed by atoms with Crippen molar-refractivity contribution >= 4 is 23.3 Å². The first kappa shape index (κ1) is 15.4. The molecule has 0 aromatic heterocycles. The highest BCUT2D eigenvalue weighted by atomic mass is 35.5. The Balaban J connectivity index is 2.48. The molecule has 2 aromatic carbocycles. The number of hydrogen-bond donors (Lipinski definition) is 1. The molecule has 1 atom stereocenters.